The molecule has 2 heterocycles. The molecule has 0 aliphatic carbocycles. The molecule has 0 radical (unpaired) electrons. The molecule has 146 valence electrons. The van der Waals surface area contributed by atoms with Crippen LogP contribution in [0.1, 0.15) is 36.0 Å². The number of hydrazine groups is 1. The van der Waals surface area contributed by atoms with Crippen molar-refractivity contribution >= 4 is 17.4 Å². The molecular formula is C21H28ClN3O2. The molecule has 2 saturated heterocycles. The topological polar surface area (TPSA) is 56.6 Å². The molecule has 0 aromatic heterocycles. The van der Waals surface area contributed by atoms with Crippen molar-refractivity contribution in [2.24, 2.45) is 5.41 Å². The molecule has 6 heteroatoms. The third-order valence-electron chi connectivity index (χ3n) is 5.89. The number of halogens is 1. The maximum absolute atomic E-state index is 12.8. The van der Waals surface area contributed by atoms with E-state index < -0.39 is 5.41 Å². The molecule has 5 nitrogen and oxygen atoms in total. The SMILES string of the molecule is Cc1cc(Cl)cc(C)c1CC(=O)CC1(C#N)CCN(N2CCOCC2)CC1. The summed E-state index contributed by atoms with van der Waals surface area (Å²) in [6.45, 7) is 8.99. The first-order valence-electron chi connectivity index (χ1n) is 9.68. The number of Topliss-reactive ketones (excluding diaryl/α,β-unsaturated/α-hetero) is 1. The molecule has 0 atom stereocenters. The van der Waals surface area contributed by atoms with Crippen LogP contribution in [0.15, 0.2) is 12.1 Å². The number of nitrogens with zero attached hydrogens (tertiary/aromatic N) is 3. The monoisotopic (exact) mass is 389 g/mol. The Kier molecular flexibility index (Phi) is 6.54. The first-order chi connectivity index (χ1) is 12.9. The minimum Gasteiger partial charge on any atom is -0.379 e. The van der Waals surface area contributed by atoms with Gasteiger partial charge in [-0.2, -0.15) is 5.26 Å². The van der Waals surface area contributed by atoms with Crippen LogP contribution < -0.4 is 0 Å². The van der Waals surface area contributed by atoms with Gasteiger partial charge in [0.2, 0.25) is 0 Å². The van der Waals surface area contributed by atoms with Crippen LogP contribution in [0.3, 0.4) is 0 Å². The van der Waals surface area contributed by atoms with E-state index in [2.05, 4.69) is 16.1 Å². The average molecular weight is 390 g/mol. The second kappa shape index (κ2) is 8.70. The van der Waals surface area contributed by atoms with Gasteiger partial charge >= 0.3 is 0 Å². The molecule has 0 saturated carbocycles. The van der Waals surface area contributed by atoms with Crippen LogP contribution in [0.2, 0.25) is 5.02 Å². The smallest absolute Gasteiger partial charge is 0.138 e. The maximum atomic E-state index is 12.8. The average Bonchev–Trinajstić information content (AvgIpc) is 2.66. The highest BCUT2D eigenvalue weighted by molar-refractivity contribution is 6.30. The van der Waals surface area contributed by atoms with Crippen LogP contribution in [0.4, 0.5) is 0 Å². The van der Waals surface area contributed by atoms with Crippen LogP contribution in [-0.4, -0.2) is 55.2 Å². The van der Waals surface area contributed by atoms with Crippen molar-refractivity contribution < 1.29 is 9.53 Å². The van der Waals surface area contributed by atoms with Crippen molar-refractivity contribution in [1.29, 1.82) is 5.26 Å². The number of morpholine rings is 1. The first kappa shape index (κ1) is 20.3. The highest BCUT2D eigenvalue weighted by atomic mass is 35.5. The van der Waals surface area contributed by atoms with E-state index in [-0.39, 0.29) is 5.78 Å². The van der Waals surface area contributed by atoms with E-state index >= 15 is 0 Å². The Balaban J connectivity index is 1.60. The van der Waals surface area contributed by atoms with Gasteiger partial charge in [0.1, 0.15) is 5.78 Å². The zero-order valence-electron chi connectivity index (χ0n) is 16.3. The fraction of sp³-hybridized carbons (Fsp3) is 0.619. The minimum atomic E-state index is -0.534. The van der Waals surface area contributed by atoms with Crippen LogP contribution in [0, 0.1) is 30.6 Å². The van der Waals surface area contributed by atoms with Gasteiger partial charge in [0.15, 0.2) is 0 Å². The Bertz CT molecular complexity index is 706. The van der Waals surface area contributed by atoms with E-state index in [1.165, 1.54) is 0 Å². The normalized spacial score (nSPS) is 21.0. The number of ketones is 1. The third kappa shape index (κ3) is 4.89. The summed E-state index contributed by atoms with van der Waals surface area (Å²) in [6, 6.07) is 6.29. The number of ether oxygens (including phenoxy) is 1. The molecule has 2 aliphatic heterocycles. The van der Waals surface area contributed by atoms with Gasteiger partial charge in [0.05, 0.1) is 24.7 Å². The van der Waals surface area contributed by atoms with Crippen molar-refractivity contribution in [2.75, 3.05) is 39.4 Å². The van der Waals surface area contributed by atoms with E-state index in [0.717, 1.165) is 68.9 Å². The number of hydrogen-bond acceptors (Lipinski definition) is 5. The van der Waals surface area contributed by atoms with Crippen LogP contribution >= 0.6 is 11.6 Å². The fourth-order valence-electron chi connectivity index (χ4n) is 4.23. The molecule has 27 heavy (non-hydrogen) atoms. The van der Waals surface area contributed by atoms with E-state index in [1.54, 1.807) is 0 Å². The van der Waals surface area contributed by atoms with E-state index in [9.17, 15) is 10.1 Å². The number of aryl methyl sites for hydroxylation is 2. The van der Waals surface area contributed by atoms with Gasteiger partial charge in [-0.15, -0.1) is 0 Å². The summed E-state index contributed by atoms with van der Waals surface area (Å²) >= 11 is 6.09. The summed E-state index contributed by atoms with van der Waals surface area (Å²) in [7, 11) is 0. The lowest BCUT2D eigenvalue weighted by Gasteiger charge is -2.43. The highest BCUT2D eigenvalue weighted by Crippen LogP contribution is 2.36. The largest absolute Gasteiger partial charge is 0.379 e. The lowest BCUT2D eigenvalue weighted by Crippen LogP contribution is -2.53. The second-order valence-electron chi connectivity index (χ2n) is 7.82. The zero-order chi connectivity index (χ0) is 19.4. The van der Waals surface area contributed by atoms with Crippen molar-refractivity contribution in [2.45, 2.75) is 39.5 Å². The Hall–Kier alpha value is -1.45. The number of benzene rings is 1. The molecule has 1 aromatic rings. The second-order valence-corrected chi connectivity index (χ2v) is 8.26. The van der Waals surface area contributed by atoms with E-state index in [1.807, 2.05) is 26.0 Å². The van der Waals surface area contributed by atoms with Gasteiger partial charge in [-0.05, 0) is 55.5 Å². The number of piperidine rings is 1. The number of nitriles is 1. The summed E-state index contributed by atoms with van der Waals surface area (Å²) < 4.78 is 5.41. The molecule has 0 unspecified atom stereocenters. The standard InChI is InChI=1S/C21H28ClN3O2/c1-16-11-18(22)12-17(2)20(16)13-19(26)14-21(15-23)3-5-24(6-4-21)25-7-9-27-10-8-25/h11-12H,3-10,13-14H2,1-2H3. The van der Waals surface area contributed by atoms with Gasteiger partial charge in [-0.1, -0.05) is 11.6 Å². The highest BCUT2D eigenvalue weighted by Gasteiger charge is 2.38. The Morgan fingerprint density at radius 1 is 1.15 bits per heavy atom. The van der Waals surface area contributed by atoms with Gasteiger partial charge in [0.25, 0.3) is 0 Å². The molecular weight excluding hydrogens is 362 g/mol. The minimum absolute atomic E-state index is 0.143. The summed E-state index contributed by atoms with van der Waals surface area (Å²) in [4.78, 5) is 12.8. The van der Waals surface area contributed by atoms with Crippen LogP contribution in [0.5, 0.6) is 0 Å². The van der Waals surface area contributed by atoms with Crippen LogP contribution in [-0.2, 0) is 16.0 Å². The first-order valence-corrected chi connectivity index (χ1v) is 10.1. The predicted molar refractivity (Wildman–Crippen MR) is 105 cm³/mol. The summed E-state index contributed by atoms with van der Waals surface area (Å²) in [5, 5.41) is 15.2. The molecule has 2 aliphatic rings. The third-order valence-corrected chi connectivity index (χ3v) is 6.11. The number of rotatable bonds is 5. The molecule has 0 spiro atoms. The molecule has 0 amide bonds. The molecule has 3 rings (SSSR count). The van der Waals surface area contributed by atoms with E-state index in [0.29, 0.717) is 17.9 Å². The van der Waals surface area contributed by atoms with Crippen molar-refractivity contribution in [3.63, 3.8) is 0 Å². The summed E-state index contributed by atoms with van der Waals surface area (Å²) in [5.41, 5.74) is 2.60. The molecule has 0 N–H and O–H groups in total. The van der Waals surface area contributed by atoms with Gasteiger partial charge < -0.3 is 4.74 Å². The Morgan fingerprint density at radius 3 is 2.26 bits per heavy atom. The van der Waals surface area contributed by atoms with Crippen molar-refractivity contribution in [3.8, 4) is 6.07 Å². The Morgan fingerprint density at radius 2 is 1.70 bits per heavy atom. The van der Waals surface area contributed by atoms with Crippen molar-refractivity contribution in [3.05, 3.63) is 33.8 Å². The number of carbonyl (C=O) groups excluding carboxylic acids is 1. The number of hydrogen-bond donors (Lipinski definition) is 0. The van der Waals surface area contributed by atoms with Crippen molar-refractivity contribution in [1.82, 2.24) is 10.0 Å². The van der Waals surface area contributed by atoms with E-state index in [4.69, 9.17) is 16.3 Å². The number of carbonyl (C=O) groups is 1. The van der Waals surface area contributed by atoms with Gasteiger partial charge in [-0.25, -0.2) is 10.0 Å². The molecule has 2 fully saturated rings. The summed E-state index contributed by atoms with van der Waals surface area (Å²) in [5.74, 6) is 0.143. The zero-order valence-corrected chi connectivity index (χ0v) is 17.0. The Labute approximate surface area is 166 Å². The molecule has 1 aromatic carbocycles. The van der Waals surface area contributed by atoms with Gasteiger partial charge in [-0.3, -0.25) is 4.79 Å². The quantitative estimate of drug-likeness (QED) is 0.773. The van der Waals surface area contributed by atoms with Gasteiger partial charge in [0, 0.05) is 44.0 Å². The predicted octanol–water partition coefficient (Wildman–Crippen LogP) is 3.31. The maximum Gasteiger partial charge on any atom is 0.138 e. The fourth-order valence-corrected chi connectivity index (χ4v) is 4.55. The molecule has 0 bridgehead atoms. The lowest BCUT2D eigenvalue weighted by atomic mass is 9.75. The lowest BCUT2D eigenvalue weighted by molar-refractivity contribution is -0.124. The van der Waals surface area contributed by atoms with Crippen LogP contribution in [0.25, 0.3) is 0 Å². The summed E-state index contributed by atoms with van der Waals surface area (Å²) in [6.07, 6.45) is 2.20.